The van der Waals surface area contributed by atoms with Gasteiger partial charge in [0.25, 0.3) is 0 Å². The van der Waals surface area contributed by atoms with Crippen LogP contribution in [0.5, 0.6) is 0 Å². The average molecular weight is 257 g/mol. The summed E-state index contributed by atoms with van der Waals surface area (Å²) in [4.78, 5) is 16.4. The molecule has 5 nitrogen and oxygen atoms in total. The Morgan fingerprint density at radius 1 is 1.50 bits per heavy atom. The molecule has 1 amide bonds. The van der Waals surface area contributed by atoms with Gasteiger partial charge in [0.1, 0.15) is 0 Å². The highest BCUT2D eigenvalue weighted by molar-refractivity contribution is 5.81. The quantitative estimate of drug-likeness (QED) is 0.743. The van der Waals surface area contributed by atoms with Crippen LogP contribution >= 0.6 is 0 Å². The van der Waals surface area contributed by atoms with Crippen LogP contribution in [0.3, 0.4) is 0 Å². The first kappa shape index (κ1) is 15.4. The predicted molar refractivity (Wildman–Crippen MR) is 72.4 cm³/mol. The lowest BCUT2D eigenvalue weighted by Gasteiger charge is -2.40. The Hall–Kier alpha value is -0.650. The summed E-state index contributed by atoms with van der Waals surface area (Å²) in [6.07, 6.45) is 1.73. The molecule has 0 aromatic carbocycles. The number of carbonyl (C=O) groups is 1. The maximum Gasteiger partial charge on any atom is 0.239 e. The second-order valence-corrected chi connectivity index (χ2v) is 5.06. The first-order valence-electron chi connectivity index (χ1n) is 6.87. The van der Waals surface area contributed by atoms with Crippen molar-refractivity contribution < 1.29 is 9.53 Å². The van der Waals surface area contributed by atoms with Gasteiger partial charge in [-0.15, -0.1) is 0 Å². The molecule has 0 spiro atoms. The summed E-state index contributed by atoms with van der Waals surface area (Å²) in [5.41, 5.74) is 5.89. The maximum atomic E-state index is 12.1. The third kappa shape index (κ3) is 4.23. The van der Waals surface area contributed by atoms with Crippen LogP contribution in [0, 0.1) is 0 Å². The third-order valence-corrected chi connectivity index (χ3v) is 3.58. The van der Waals surface area contributed by atoms with Crippen molar-refractivity contribution in [1.29, 1.82) is 0 Å². The van der Waals surface area contributed by atoms with Gasteiger partial charge in [-0.25, -0.2) is 0 Å². The summed E-state index contributed by atoms with van der Waals surface area (Å²) in [7, 11) is 1.72. The molecule has 0 bridgehead atoms. The molecular formula is C13H27N3O2. The Morgan fingerprint density at radius 2 is 2.22 bits per heavy atom. The summed E-state index contributed by atoms with van der Waals surface area (Å²) in [6.45, 7) is 8.35. The van der Waals surface area contributed by atoms with E-state index >= 15 is 0 Å². The van der Waals surface area contributed by atoms with Gasteiger partial charge in [-0.1, -0.05) is 13.3 Å². The predicted octanol–water partition coefficient (Wildman–Crippen LogP) is 0.293. The molecular weight excluding hydrogens is 230 g/mol. The van der Waals surface area contributed by atoms with E-state index in [0.29, 0.717) is 6.04 Å². The molecule has 1 aliphatic heterocycles. The molecule has 2 unspecified atom stereocenters. The van der Waals surface area contributed by atoms with E-state index in [9.17, 15) is 4.79 Å². The number of ether oxygens (including phenoxy) is 1. The third-order valence-electron chi connectivity index (χ3n) is 3.58. The Kier molecular flexibility index (Phi) is 6.60. The van der Waals surface area contributed by atoms with Crippen molar-refractivity contribution in [3.8, 4) is 0 Å². The van der Waals surface area contributed by atoms with Crippen LogP contribution in [0.25, 0.3) is 0 Å². The van der Waals surface area contributed by atoms with E-state index in [1.165, 1.54) is 0 Å². The van der Waals surface area contributed by atoms with Gasteiger partial charge in [0.2, 0.25) is 5.91 Å². The number of hydrogen-bond acceptors (Lipinski definition) is 4. The largest absolute Gasteiger partial charge is 0.383 e. The van der Waals surface area contributed by atoms with E-state index in [1.54, 1.807) is 7.11 Å². The van der Waals surface area contributed by atoms with Gasteiger partial charge in [-0.3, -0.25) is 9.69 Å². The summed E-state index contributed by atoms with van der Waals surface area (Å²) < 4.78 is 5.10. The summed E-state index contributed by atoms with van der Waals surface area (Å²) in [6, 6.07) is 0.0550. The Morgan fingerprint density at radius 3 is 2.78 bits per heavy atom. The van der Waals surface area contributed by atoms with E-state index in [4.69, 9.17) is 10.5 Å². The Balaban J connectivity index is 2.42. The van der Waals surface area contributed by atoms with Gasteiger partial charge in [-0.2, -0.15) is 0 Å². The van der Waals surface area contributed by atoms with Crippen LogP contribution in [-0.2, 0) is 9.53 Å². The molecule has 1 heterocycles. The molecule has 0 radical (unpaired) electrons. The molecule has 0 saturated carbocycles. The molecule has 106 valence electrons. The summed E-state index contributed by atoms with van der Waals surface area (Å²) in [5.74, 6) is 0.107. The number of methoxy groups -OCH3 is 1. The molecule has 2 atom stereocenters. The molecule has 18 heavy (non-hydrogen) atoms. The highest BCUT2D eigenvalue weighted by Gasteiger charge is 2.28. The zero-order valence-corrected chi connectivity index (χ0v) is 11.9. The van der Waals surface area contributed by atoms with Crippen molar-refractivity contribution in [2.45, 2.75) is 38.8 Å². The molecule has 0 aromatic rings. The van der Waals surface area contributed by atoms with Crippen molar-refractivity contribution in [3.05, 3.63) is 0 Å². The van der Waals surface area contributed by atoms with Crippen LogP contribution in [0.2, 0.25) is 0 Å². The van der Waals surface area contributed by atoms with Crippen LogP contribution in [0.1, 0.15) is 26.7 Å². The number of piperazine rings is 1. The van der Waals surface area contributed by atoms with E-state index in [1.807, 2.05) is 4.90 Å². The van der Waals surface area contributed by atoms with E-state index < -0.39 is 0 Å². The molecule has 5 heteroatoms. The first-order valence-corrected chi connectivity index (χ1v) is 6.87. The molecule has 0 aromatic heterocycles. The smallest absolute Gasteiger partial charge is 0.239 e. The van der Waals surface area contributed by atoms with Crippen molar-refractivity contribution >= 4 is 5.91 Å². The Labute approximate surface area is 110 Å². The minimum absolute atomic E-state index is 0.107. The number of hydrogen-bond donors (Lipinski definition) is 1. The SMILES string of the molecule is CCCC(N)C(=O)N1CCN(CCOC)C(C)C1. The summed E-state index contributed by atoms with van der Waals surface area (Å²) in [5, 5.41) is 0. The van der Waals surface area contributed by atoms with E-state index in [2.05, 4.69) is 18.7 Å². The van der Waals surface area contributed by atoms with Gasteiger partial charge >= 0.3 is 0 Å². The zero-order valence-electron chi connectivity index (χ0n) is 11.9. The van der Waals surface area contributed by atoms with E-state index in [-0.39, 0.29) is 11.9 Å². The fraction of sp³-hybridized carbons (Fsp3) is 0.923. The van der Waals surface area contributed by atoms with Gasteiger partial charge < -0.3 is 15.4 Å². The van der Waals surface area contributed by atoms with Crippen molar-refractivity contribution in [3.63, 3.8) is 0 Å². The van der Waals surface area contributed by atoms with Crippen molar-refractivity contribution in [2.75, 3.05) is 39.9 Å². The fourth-order valence-electron chi connectivity index (χ4n) is 2.41. The average Bonchev–Trinajstić information content (AvgIpc) is 2.36. The topological polar surface area (TPSA) is 58.8 Å². The highest BCUT2D eigenvalue weighted by Crippen LogP contribution is 2.11. The minimum atomic E-state index is -0.326. The van der Waals surface area contributed by atoms with Gasteiger partial charge in [-0.05, 0) is 13.3 Å². The highest BCUT2D eigenvalue weighted by atomic mass is 16.5. The Bertz CT molecular complexity index is 261. The number of nitrogens with zero attached hydrogens (tertiary/aromatic N) is 2. The van der Waals surface area contributed by atoms with Gasteiger partial charge in [0, 0.05) is 39.3 Å². The van der Waals surface area contributed by atoms with E-state index in [0.717, 1.165) is 45.6 Å². The van der Waals surface area contributed by atoms with Crippen LogP contribution in [0.4, 0.5) is 0 Å². The molecule has 1 rings (SSSR count). The van der Waals surface area contributed by atoms with Gasteiger partial charge in [0.05, 0.1) is 12.6 Å². The van der Waals surface area contributed by atoms with Gasteiger partial charge in [0.15, 0.2) is 0 Å². The number of carbonyl (C=O) groups excluding carboxylic acids is 1. The maximum absolute atomic E-state index is 12.1. The normalized spacial score (nSPS) is 23.1. The van der Waals surface area contributed by atoms with Crippen LogP contribution in [0.15, 0.2) is 0 Å². The second kappa shape index (κ2) is 7.71. The van der Waals surface area contributed by atoms with Crippen LogP contribution in [-0.4, -0.2) is 67.7 Å². The number of amides is 1. The lowest BCUT2D eigenvalue weighted by molar-refractivity contribution is -0.135. The molecule has 2 N–H and O–H groups in total. The minimum Gasteiger partial charge on any atom is -0.383 e. The first-order chi connectivity index (χ1) is 8.60. The number of rotatable bonds is 6. The zero-order chi connectivity index (χ0) is 13.5. The molecule has 1 aliphatic rings. The molecule has 0 aliphatic carbocycles. The lowest BCUT2D eigenvalue weighted by Crippen LogP contribution is -2.57. The van der Waals surface area contributed by atoms with Crippen LogP contribution < -0.4 is 5.73 Å². The fourth-order valence-corrected chi connectivity index (χ4v) is 2.41. The number of nitrogens with two attached hydrogens (primary N) is 1. The lowest BCUT2D eigenvalue weighted by atomic mass is 10.1. The second-order valence-electron chi connectivity index (χ2n) is 5.06. The standard InChI is InChI=1S/C13H27N3O2/c1-4-5-12(14)13(17)16-7-6-15(8-9-18-3)11(2)10-16/h11-12H,4-10,14H2,1-3H3. The van der Waals surface area contributed by atoms with Crippen molar-refractivity contribution in [1.82, 2.24) is 9.80 Å². The summed E-state index contributed by atoms with van der Waals surface area (Å²) >= 11 is 0. The monoisotopic (exact) mass is 257 g/mol. The molecule has 1 fully saturated rings. The van der Waals surface area contributed by atoms with Crippen molar-refractivity contribution in [2.24, 2.45) is 5.73 Å². The molecule has 1 saturated heterocycles.